The number of hydrogen-bond donors (Lipinski definition) is 2. The average molecular weight is 383 g/mol. The highest BCUT2D eigenvalue weighted by Crippen LogP contribution is 2.25. The van der Waals surface area contributed by atoms with Crippen LogP contribution in [-0.2, 0) is 4.74 Å². The van der Waals surface area contributed by atoms with Crippen LogP contribution in [0.2, 0.25) is 10.0 Å². The second-order valence-electron chi connectivity index (χ2n) is 4.91. The summed E-state index contributed by atoms with van der Waals surface area (Å²) in [6.07, 6.45) is 0.730. The van der Waals surface area contributed by atoms with Gasteiger partial charge in [-0.2, -0.15) is 0 Å². The van der Waals surface area contributed by atoms with Gasteiger partial charge in [0.15, 0.2) is 0 Å². The Bertz CT molecular complexity index is 711. The van der Waals surface area contributed by atoms with E-state index in [9.17, 15) is 4.79 Å². The minimum atomic E-state index is -0.482. The summed E-state index contributed by atoms with van der Waals surface area (Å²) >= 11 is 17.1. The van der Waals surface area contributed by atoms with E-state index in [0.717, 1.165) is 5.69 Å². The molecule has 24 heavy (non-hydrogen) atoms. The van der Waals surface area contributed by atoms with Crippen LogP contribution in [0, 0.1) is 0 Å². The summed E-state index contributed by atoms with van der Waals surface area (Å²) in [5.74, 6) is 0. The van der Waals surface area contributed by atoms with Gasteiger partial charge in [-0.05, 0) is 36.8 Å². The summed E-state index contributed by atoms with van der Waals surface area (Å²) in [5, 5.41) is 6.67. The third-order valence-electron chi connectivity index (χ3n) is 3.00. The van der Waals surface area contributed by atoms with Crippen LogP contribution in [-0.4, -0.2) is 17.7 Å². The van der Waals surface area contributed by atoms with Gasteiger partial charge < -0.3 is 10.1 Å². The molecular weight excluding hydrogens is 367 g/mol. The average Bonchev–Trinajstić information content (AvgIpc) is 2.56. The van der Waals surface area contributed by atoms with Crippen LogP contribution >= 0.6 is 35.4 Å². The third-order valence-corrected chi connectivity index (χ3v) is 4.05. The summed E-state index contributed by atoms with van der Waals surface area (Å²) < 4.78 is 5.11. The topological polar surface area (TPSA) is 50.4 Å². The largest absolute Gasteiger partial charge is 0.449 e. The van der Waals surface area contributed by atoms with Crippen molar-refractivity contribution in [2.24, 2.45) is 0 Å². The number of para-hydroxylation sites is 1. The first-order valence-electron chi connectivity index (χ1n) is 7.28. The summed E-state index contributed by atoms with van der Waals surface area (Å²) in [7, 11) is 0. The van der Waals surface area contributed by atoms with Gasteiger partial charge in [-0.3, -0.25) is 5.32 Å². The van der Waals surface area contributed by atoms with Gasteiger partial charge in [0, 0.05) is 17.8 Å². The lowest BCUT2D eigenvalue weighted by atomic mass is 10.3. The molecule has 2 N–H and O–H groups in total. The molecule has 0 saturated heterocycles. The van der Waals surface area contributed by atoms with E-state index < -0.39 is 6.09 Å². The van der Waals surface area contributed by atoms with E-state index >= 15 is 0 Å². The normalized spacial score (nSPS) is 10.1. The molecule has 2 aromatic carbocycles. The zero-order chi connectivity index (χ0) is 17.4. The maximum Gasteiger partial charge on any atom is 0.411 e. The quantitative estimate of drug-likeness (QED) is 0.492. The molecule has 126 valence electrons. The number of carbonyl (C=O) groups is 1. The van der Waals surface area contributed by atoms with Gasteiger partial charge in [0.25, 0.3) is 0 Å². The number of benzene rings is 2. The van der Waals surface area contributed by atoms with E-state index in [2.05, 4.69) is 10.6 Å². The molecule has 0 bridgehead atoms. The molecule has 0 saturated carbocycles. The lowest BCUT2D eigenvalue weighted by molar-refractivity contribution is 0.161. The standard InChI is InChI=1S/C17H16Cl2N2O2S/c18-14-9-8-13(11-15(14)19)20-16(24)7-4-10-23-17(22)21-12-5-2-1-3-6-12/h1-3,5-6,8-9,11H,4,7,10H2,(H,20,24)(H,21,22). The molecule has 0 atom stereocenters. The van der Waals surface area contributed by atoms with Crippen molar-refractivity contribution in [2.75, 3.05) is 17.2 Å². The monoisotopic (exact) mass is 382 g/mol. The smallest absolute Gasteiger partial charge is 0.411 e. The van der Waals surface area contributed by atoms with Gasteiger partial charge in [-0.1, -0.05) is 53.6 Å². The number of amides is 1. The zero-order valence-electron chi connectivity index (χ0n) is 12.7. The van der Waals surface area contributed by atoms with Crippen molar-refractivity contribution in [3.63, 3.8) is 0 Å². The molecular formula is C17H16Cl2N2O2S. The molecule has 0 aliphatic rings. The number of hydrogen-bond acceptors (Lipinski definition) is 3. The van der Waals surface area contributed by atoms with E-state index in [4.69, 9.17) is 40.2 Å². The molecule has 0 fully saturated rings. The number of ether oxygens (including phenoxy) is 1. The number of nitrogens with one attached hydrogen (secondary N) is 2. The Kier molecular flexibility index (Phi) is 7.31. The minimum Gasteiger partial charge on any atom is -0.449 e. The number of carbonyl (C=O) groups excluding carboxylic acids is 1. The highest BCUT2D eigenvalue weighted by atomic mass is 35.5. The molecule has 0 radical (unpaired) electrons. The Labute approximate surface area is 156 Å². The number of rotatable bonds is 6. The van der Waals surface area contributed by atoms with Crippen LogP contribution in [0.3, 0.4) is 0 Å². The first-order chi connectivity index (χ1) is 11.5. The summed E-state index contributed by atoms with van der Waals surface area (Å²) in [5.41, 5.74) is 1.47. The minimum absolute atomic E-state index is 0.280. The Balaban J connectivity index is 1.65. The van der Waals surface area contributed by atoms with Gasteiger partial charge in [0.05, 0.1) is 21.6 Å². The molecule has 0 aliphatic carbocycles. The second-order valence-corrected chi connectivity index (χ2v) is 6.21. The van der Waals surface area contributed by atoms with Crippen LogP contribution in [0.4, 0.5) is 16.2 Å². The van der Waals surface area contributed by atoms with Gasteiger partial charge in [-0.25, -0.2) is 4.79 Å². The molecule has 0 aromatic heterocycles. The van der Waals surface area contributed by atoms with Crippen molar-refractivity contribution in [2.45, 2.75) is 12.8 Å². The fourth-order valence-corrected chi connectivity index (χ4v) is 2.43. The second kappa shape index (κ2) is 9.47. The van der Waals surface area contributed by atoms with E-state index in [1.165, 1.54) is 0 Å². The zero-order valence-corrected chi connectivity index (χ0v) is 15.0. The van der Waals surface area contributed by atoms with Crippen LogP contribution in [0.5, 0.6) is 0 Å². The number of thiocarbonyl (C=S) groups is 1. The first kappa shape index (κ1) is 18.5. The van der Waals surface area contributed by atoms with E-state index in [1.807, 2.05) is 18.2 Å². The van der Waals surface area contributed by atoms with Crippen LogP contribution in [0.15, 0.2) is 48.5 Å². The molecule has 4 nitrogen and oxygen atoms in total. The summed E-state index contributed by atoms with van der Waals surface area (Å²) in [4.78, 5) is 12.2. The predicted molar refractivity (Wildman–Crippen MR) is 103 cm³/mol. The lowest BCUT2D eigenvalue weighted by Crippen LogP contribution is -2.15. The molecule has 7 heteroatoms. The highest BCUT2D eigenvalue weighted by Gasteiger charge is 2.05. The van der Waals surface area contributed by atoms with Gasteiger partial charge in [-0.15, -0.1) is 0 Å². The van der Waals surface area contributed by atoms with Crippen molar-refractivity contribution in [1.29, 1.82) is 0 Å². The SMILES string of the molecule is O=C(Nc1ccccc1)OCCCC(=S)Nc1ccc(Cl)c(Cl)c1. The third kappa shape index (κ3) is 6.35. The van der Waals surface area contributed by atoms with Crippen molar-refractivity contribution < 1.29 is 9.53 Å². The highest BCUT2D eigenvalue weighted by molar-refractivity contribution is 7.80. The van der Waals surface area contributed by atoms with Crippen LogP contribution in [0.25, 0.3) is 0 Å². The molecule has 1 amide bonds. The number of halogens is 2. The maximum absolute atomic E-state index is 11.6. The molecule has 0 spiro atoms. The fourth-order valence-electron chi connectivity index (χ4n) is 1.87. The number of anilines is 2. The molecule has 2 aromatic rings. The van der Waals surface area contributed by atoms with E-state index in [1.54, 1.807) is 30.3 Å². The van der Waals surface area contributed by atoms with E-state index in [-0.39, 0.29) is 6.61 Å². The molecule has 0 heterocycles. The Morgan fingerprint density at radius 2 is 1.75 bits per heavy atom. The Morgan fingerprint density at radius 3 is 2.46 bits per heavy atom. The van der Waals surface area contributed by atoms with Gasteiger partial charge in [0.1, 0.15) is 0 Å². The molecule has 0 aliphatic heterocycles. The summed E-state index contributed by atoms with van der Waals surface area (Å²) in [6.45, 7) is 0.280. The van der Waals surface area contributed by atoms with Gasteiger partial charge in [0.2, 0.25) is 0 Å². The Morgan fingerprint density at radius 1 is 1.00 bits per heavy atom. The van der Waals surface area contributed by atoms with Crippen LogP contribution in [0.1, 0.15) is 12.8 Å². The molecule has 0 unspecified atom stereocenters. The van der Waals surface area contributed by atoms with Crippen molar-refractivity contribution in [3.8, 4) is 0 Å². The maximum atomic E-state index is 11.6. The van der Waals surface area contributed by atoms with Crippen molar-refractivity contribution >= 4 is 57.9 Å². The van der Waals surface area contributed by atoms with Crippen molar-refractivity contribution in [3.05, 3.63) is 58.6 Å². The summed E-state index contributed by atoms with van der Waals surface area (Å²) in [6, 6.07) is 14.3. The van der Waals surface area contributed by atoms with Crippen LogP contribution < -0.4 is 10.6 Å². The fraction of sp³-hybridized carbons (Fsp3) is 0.176. The first-order valence-corrected chi connectivity index (χ1v) is 8.45. The van der Waals surface area contributed by atoms with Gasteiger partial charge >= 0.3 is 6.09 Å². The molecule has 2 rings (SSSR count). The Hall–Kier alpha value is -1.82. The lowest BCUT2D eigenvalue weighted by Gasteiger charge is -2.10. The van der Waals surface area contributed by atoms with E-state index in [0.29, 0.717) is 33.6 Å². The predicted octanol–water partition coefficient (Wildman–Crippen LogP) is 5.76. The van der Waals surface area contributed by atoms with Crippen molar-refractivity contribution in [1.82, 2.24) is 0 Å².